The van der Waals surface area contributed by atoms with Crippen molar-refractivity contribution in [3.63, 3.8) is 0 Å². The molecule has 0 saturated carbocycles. The van der Waals surface area contributed by atoms with E-state index in [4.69, 9.17) is 9.47 Å². The second-order valence-corrected chi connectivity index (χ2v) is 4.97. The molecule has 0 saturated heterocycles. The van der Waals surface area contributed by atoms with Gasteiger partial charge in [-0.15, -0.1) is 11.3 Å². The number of thiophene rings is 1. The summed E-state index contributed by atoms with van der Waals surface area (Å²) in [5, 5.41) is 1.81. The van der Waals surface area contributed by atoms with E-state index in [0.717, 1.165) is 6.42 Å². The Balaban J connectivity index is 1.98. The van der Waals surface area contributed by atoms with Crippen molar-refractivity contribution in [2.75, 3.05) is 6.61 Å². The Hall–Kier alpha value is -2.14. The summed E-state index contributed by atoms with van der Waals surface area (Å²) in [4.78, 5) is 23.9. The van der Waals surface area contributed by atoms with Gasteiger partial charge in [-0.2, -0.15) is 0 Å². The van der Waals surface area contributed by atoms with E-state index in [2.05, 4.69) is 0 Å². The van der Waals surface area contributed by atoms with Gasteiger partial charge in [0, 0.05) is 0 Å². The summed E-state index contributed by atoms with van der Waals surface area (Å²) >= 11 is 1.32. The molecule has 0 N–H and O–H groups in total. The number of hydrogen-bond acceptors (Lipinski definition) is 5. The number of carbonyl (C=O) groups excluding carboxylic acids is 2. The first-order chi connectivity index (χ1) is 9.70. The van der Waals surface area contributed by atoms with Gasteiger partial charge in [-0.1, -0.05) is 13.0 Å². The molecular weight excluding hydrogens is 276 g/mol. The molecule has 1 aromatic carbocycles. The smallest absolute Gasteiger partial charge is 0.353 e. The fourth-order valence-corrected chi connectivity index (χ4v) is 2.09. The largest absolute Gasteiger partial charge is 0.462 e. The van der Waals surface area contributed by atoms with E-state index in [1.54, 1.807) is 36.4 Å². The quantitative estimate of drug-likeness (QED) is 0.624. The molecule has 0 atom stereocenters. The van der Waals surface area contributed by atoms with Crippen LogP contribution in [0.1, 0.15) is 33.4 Å². The zero-order valence-corrected chi connectivity index (χ0v) is 11.8. The average Bonchev–Trinajstić information content (AvgIpc) is 3.00. The maximum Gasteiger partial charge on any atom is 0.353 e. The summed E-state index contributed by atoms with van der Waals surface area (Å²) < 4.78 is 10.2. The molecule has 2 rings (SSSR count). The predicted molar refractivity (Wildman–Crippen MR) is 76.3 cm³/mol. The number of ether oxygens (including phenoxy) is 2. The third kappa shape index (κ3) is 3.68. The molecule has 0 aliphatic heterocycles. The topological polar surface area (TPSA) is 52.6 Å². The van der Waals surface area contributed by atoms with Crippen LogP contribution < -0.4 is 4.74 Å². The molecule has 4 nitrogen and oxygen atoms in total. The van der Waals surface area contributed by atoms with Gasteiger partial charge in [0.25, 0.3) is 0 Å². The van der Waals surface area contributed by atoms with Crippen molar-refractivity contribution < 1.29 is 19.1 Å². The molecule has 0 bridgehead atoms. The lowest BCUT2D eigenvalue weighted by Gasteiger charge is -2.05. The van der Waals surface area contributed by atoms with Crippen LogP contribution in [0.15, 0.2) is 41.8 Å². The Labute approximate surface area is 121 Å². The predicted octanol–water partition coefficient (Wildman–Crippen LogP) is 3.53. The molecule has 2 aromatic rings. The van der Waals surface area contributed by atoms with Crippen molar-refractivity contribution in [2.45, 2.75) is 13.3 Å². The van der Waals surface area contributed by atoms with Crippen LogP contribution in [-0.2, 0) is 4.74 Å². The van der Waals surface area contributed by atoms with E-state index in [9.17, 15) is 9.59 Å². The van der Waals surface area contributed by atoms with E-state index in [1.165, 1.54) is 11.3 Å². The van der Waals surface area contributed by atoms with Gasteiger partial charge < -0.3 is 9.47 Å². The minimum absolute atomic E-state index is 0.372. The molecule has 5 heteroatoms. The van der Waals surface area contributed by atoms with Crippen LogP contribution in [0.25, 0.3) is 0 Å². The minimum Gasteiger partial charge on any atom is -0.462 e. The summed E-state index contributed by atoms with van der Waals surface area (Å²) in [6.07, 6.45) is 0.780. The van der Waals surface area contributed by atoms with Crippen molar-refractivity contribution in [3.8, 4) is 5.75 Å². The lowest BCUT2D eigenvalue weighted by atomic mass is 10.2. The van der Waals surface area contributed by atoms with Crippen LogP contribution >= 0.6 is 11.3 Å². The lowest BCUT2D eigenvalue weighted by Crippen LogP contribution is -2.08. The molecule has 0 radical (unpaired) electrons. The SMILES string of the molecule is CCCOC(=O)c1ccc(OC(=O)c2cccs2)cc1. The molecule has 20 heavy (non-hydrogen) atoms. The average molecular weight is 290 g/mol. The number of rotatable bonds is 5. The van der Waals surface area contributed by atoms with Gasteiger partial charge in [-0.3, -0.25) is 0 Å². The molecule has 0 aliphatic carbocycles. The second kappa shape index (κ2) is 6.86. The summed E-state index contributed by atoms with van der Waals surface area (Å²) in [7, 11) is 0. The maximum absolute atomic E-state index is 11.7. The van der Waals surface area contributed by atoms with E-state index in [0.29, 0.717) is 22.8 Å². The number of carbonyl (C=O) groups is 2. The number of esters is 2. The van der Waals surface area contributed by atoms with Gasteiger partial charge >= 0.3 is 11.9 Å². The molecule has 0 amide bonds. The summed E-state index contributed by atoms with van der Waals surface area (Å²) in [6.45, 7) is 2.33. The van der Waals surface area contributed by atoms with Crippen molar-refractivity contribution >= 4 is 23.3 Å². The fraction of sp³-hybridized carbons (Fsp3) is 0.200. The van der Waals surface area contributed by atoms with Crippen LogP contribution in [0, 0.1) is 0 Å². The first-order valence-corrected chi connectivity index (χ1v) is 7.11. The van der Waals surface area contributed by atoms with E-state index in [1.807, 2.05) is 12.3 Å². The first kappa shape index (κ1) is 14.3. The van der Waals surface area contributed by atoms with Gasteiger partial charge in [-0.05, 0) is 42.1 Å². The minimum atomic E-state index is -0.402. The Kier molecular flexibility index (Phi) is 4.90. The zero-order chi connectivity index (χ0) is 14.4. The Morgan fingerprint density at radius 3 is 2.45 bits per heavy atom. The normalized spacial score (nSPS) is 10.1. The second-order valence-electron chi connectivity index (χ2n) is 4.03. The summed E-state index contributed by atoms with van der Waals surface area (Å²) in [5.74, 6) is -0.375. The monoisotopic (exact) mass is 290 g/mol. The van der Waals surface area contributed by atoms with Crippen LogP contribution in [-0.4, -0.2) is 18.5 Å². The van der Waals surface area contributed by atoms with Crippen LogP contribution in [0.2, 0.25) is 0 Å². The Bertz CT molecular complexity index is 572. The molecule has 0 unspecified atom stereocenters. The molecule has 0 spiro atoms. The lowest BCUT2D eigenvalue weighted by molar-refractivity contribution is 0.0505. The van der Waals surface area contributed by atoms with E-state index in [-0.39, 0.29) is 5.97 Å². The molecule has 104 valence electrons. The first-order valence-electron chi connectivity index (χ1n) is 6.23. The van der Waals surface area contributed by atoms with Gasteiger partial charge in [0.1, 0.15) is 10.6 Å². The molecule has 0 aliphatic rings. The van der Waals surface area contributed by atoms with Crippen molar-refractivity contribution in [1.29, 1.82) is 0 Å². The van der Waals surface area contributed by atoms with Crippen molar-refractivity contribution in [3.05, 3.63) is 52.2 Å². The maximum atomic E-state index is 11.7. The standard InChI is InChI=1S/C15H14O4S/c1-2-9-18-14(16)11-5-7-12(8-6-11)19-15(17)13-4-3-10-20-13/h3-8,10H,2,9H2,1H3. The number of benzene rings is 1. The highest BCUT2D eigenvalue weighted by atomic mass is 32.1. The molecular formula is C15H14O4S. The third-order valence-corrected chi connectivity index (χ3v) is 3.31. The molecule has 1 aromatic heterocycles. The van der Waals surface area contributed by atoms with E-state index < -0.39 is 5.97 Å². The van der Waals surface area contributed by atoms with Gasteiger partial charge in [-0.25, -0.2) is 9.59 Å². The van der Waals surface area contributed by atoms with Crippen LogP contribution in [0.3, 0.4) is 0 Å². The highest BCUT2D eigenvalue weighted by molar-refractivity contribution is 7.12. The summed E-state index contributed by atoms with van der Waals surface area (Å²) in [6, 6.07) is 9.80. The zero-order valence-electron chi connectivity index (χ0n) is 11.0. The molecule has 1 heterocycles. The Morgan fingerprint density at radius 2 is 1.85 bits per heavy atom. The third-order valence-electron chi connectivity index (χ3n) is 2.46. The van der Waals surface area contributed by atoms with Gasteiger partial charge in [0.15, 0.2) is 0 Å². The van der Waals surface area contributed by atoms with E-state index >= 15 is 0 Å². The van der Waals surface area contributed by atoms with Gasteiger partial charge in [0.2, 0.25) is 0 Å². The van der Waals surface area contributed by atoms with Crippen molar-refractivity contribution in [2.24, 2.45) is 0 Å². The highest BCUT2D eigenvalue weighted by Gasteiger charge is 2.11. The van der Waals surface area contributed by atoms with Crippen molar-refractivity contribution in [1.82, 2.24) is 0 Å². The summed E-state index contributed by atoms with van der Waals surface area (Å²) in [5.41, 5.74) is 0.439. The van der Waals surface area contributed by atoms with Gasteiger partial charge in [0.05, 0.1) is 12.2 Å². The highest BCUT2D eigenvalue weighted by Crippen LogP contribution is 2.17. The fourth-order valence-electron chi connectivity index (χ4n) is 1.49. The van der Waals surface area contributed by atoms with Crippen LogP contribution in [0.5, 0.6) is 5.75 Å². The van der Waals surface area contributed by atoms with Crippen LogP contribution in [0.4, 0.5) is 0 Å². The Morgan fingerprint density at radius 1 is 1.10 bits per heavy atom. The number of hydrogen-bond donors (Lipinski definition) is 0. The molecule has 0 fully saturated rings.